The first kappa shape index (κ1) is 19.7. The lowest BCUT2D eigenvalue weighted by Gasteiger charge is -2.23. The standard InChI is InChI=1S/C21H22O7/c22-17-8-4-14(11-13(17)5-9-19(24)25)21(26)16-7-6-15(12-18(16)23)28-20-3-1-2-10-27-20/h4,6-8,11-12,20,22-23H,1-3,5,9-10H2,(H,24,25). The number of carbonyl (C=O) groups excluding carboxylic acids is 1. The van der Waals surface area contributed by atoms with Crippen LogP contribution in [0.15, 0.2) is 36.4 Å². The number of ketones is 1. The quantitative estimate of drug-likeness (QED) is 0.626. The Morgan fingerprint density at radius 1 is 1.07 bits per heavy atom. The first-order valence-electron chi connectivity index (χ1n) is 9.13. The third-order valence-electron chi connectivity index (χ3n) is 4.57. The summed E-state index contributed by atoms with van der Waals surface area (Å²) in [6, 6.07) is 8.66. The monoisotopic (exact) mass is 386 g/mol. The number of carboxylic acid groups (broad SMARTS) is 1. The van der Waals surface area contributed by atoms with Crippen molar-refractivity contribution in [3.63, 3.8) is 0 Å². The van der Waals surface area contributed by atoms with E-state index >= 15 is 0 Å². The van der Waals surface area contributed by atoms with Crippen LogP contribution in [0.2, 0.25) is 0 Å². The maximum absolute atomic E-state index is 12.7. The Kier molecular flexibility index (Phi) is 6.16. The second-order valence-corrected chi connectivity index (χ2v) is 6.66. The Hall–Kier alpha value is -3.06. The molecular formula is C21H22O7. The molecule has 2 aromatic rings. The van der Waals surface area contributed by atoms with E-state index in [1.807, 2.05) is 0 Å². The second-order valence-electron chi connectivity index (χ2n) is 6.66. The number of hydrogen-bond acceptors (Lipinski definition) is 6. The molecule has 0 aromatic heterocycles. The first-order chi connectivity index (χ1) is 13.4. The number of ether oxygens (including phenoxy) is 2. The molecule has 1 aliphatic heterocycles. The fourth-order valence-electron chi connectivity index (χ4n) is 3.06. The Morgan fingerprint density at radius 2 is 1.89 bits per heavy atom. The highest BCUT2D eigenvalue weighted by molar-refractivity contribution is 6.10. The lowest BCUT2D eigenvalue weighted by atomic mass is 9.98. The van der Waals surface area contributed by atoms with Crippen LogP contribution < -0.4 is 4.74 Å². The van der Waals surface area contributed by atoms with Crippen molar-refractivity contribution in [2.24, 2.45) is 0 Å². The number of aryl methyl sites for hydroxylation is 1. The van der Waals surface area contributed by atoms with Gasteiger partial charge in [-0.2, -0.15) is 0 Å². The molecule has 1 fully saturated rings. The predicted octanol–water partition coefficient (Wildman–Crippen LogP) is 3.25. The van der Waals surface area contributed by atoms with E-state index in [0.29, 0.717) is 17.9 Å². The minimum absolute atomic E-state index is 0.0711. The third-order valence-corrected chi connectivity index (χ3v) is 4.57. The molecule has 2 aromatic carbocycles. The van der Waals surface area contributed by atoms with Crippen molar-refractivity contribution in [3.8, 4) is 17.2 Å². The van der Waals surface area contributed by atoms with Gasteiger partial charge in [0.2, 0.25) is 0 Å². The van der Waals surface area contributed by atoms with E-state index < -0.39 is 11.8 Å². The van der Waals surface area contributed by atoms with E-state index in [1.54, 1.807) is 6.07 Å². The Bertz CT molecular complexity index is 869. The van der Waals surface area contributed by atoms with Crippen molar-refractivity contribution in [1.29, 1.82) is 0 Å². The smallest absolute Gasteiger partial charge is 0.303 e. The van der Waals surface area contributed by atoms with Gasteiger partial charge in [-0.15, -0.1) is 0 Å². The highest BCUT2D eigenvalue weighted by Gasteiger charge is 2.19. The van der Waals surface area contributed by atoms with Gasteiger partial charge in [-0.25, -0.2) is 0 Å². The molecule has 0 radical (unpaired) electrons. The average molecular weight is 386 g/mol. The van der Waals surface area contributed by atoms with Crippen LogP contribution in [0.25, 0.3) is 0 Å². The maximum Gasteiger partial charge on any atom is 0.303 e. The molecule has 0 bridgehead atoms. The SMILES string of the molecule is O=C(O)CCc1cc(C(=O)c2ccc(OC3CCCCO3)cc2O)ccc1O. The summed E-state index contributed by atoms with van der Waals surface area (Å²) >= 11 is 0. The third kappa shape index (κ3) is 4.80. The molecule has 0 amide bonds. The van der Waals surface area contributed by atoms with Gasteiger partial charge in [0.25, 0.3) is 0 Å². The van der Waals surface area contributed by atoms with Gasteiger partial charge in [-0.05, 0) is 55.2 Å². The van der Waals surface area contributed by atoms with E-state index in [2.05, 4.69) is 0 Å². The molecule has 1 atom stereocenters. The average Bonchev–Trinajstić information content (AvgIpc) is 2.68. The van der Waals surface area contributed by atoms with Crippen LogP contribution in [0.5, 0.6) is 17.2 Å². The van der Waals surface area contributed by atoms with Crippen LogP contribution in [0.3, 0.4) is 0 Å². The normalized spacial score (nSPS) is 16.5. The van der Waals surface area contributed by atoms with Crippen molar-refractivity contribution < 1.29 is 34.4 Å². The minimum atomic E-state index is -0.994. The topological polar surface area (TPSA) is 113 Å². The lowest BCUT2D eigenvalue weighted by molar-refractivity contribution is -0.136. The van der Waals surface area contributed by atoms with Gasteiger partial charge >= 0.3 is 5.97 Å². The summed E-state index contributed by atoms with van der Waals surface area (Å²) in [5, 5.41) is 28.9. The molecule has 0 aliphatic carbocycles. The Balaban J connectivity index is 1.76. The summed E-state index contributed by atoms with van der Waals surface area (Å²) < 4.78 is 11.2. The number of hydrogen-bond donors (Lipinski definition) is 3. The highest BCUT2D eigenvalue weighted by Crippen LogP contribution is 2.29. The van der Waals surface area contributed by atoms with Crippen LogP contribution in [-0.4, -0.2) is 40.0 Å². The van der Waals surface area contributed by atoms with E-state index in [0.717, 1.165) is 19.3 Å². The van der Waals surface area contributed by atoms with E-state index in [-0.39, 0.29) is 41.8 Å². The number of aromatic hydroxyl groups is 2. The van der Waals surface area contributed by atoms with Gasteiger partial charge in [0.15, 0.2) is 12.1 Å². The number of carbonyl (C=O) groups is 2. The molecule has 0 saturated carbocycles. The molecule has 1 heterocycles. The van der Waals surface area contributed by atoms with Crippen molar-refractivity contribution in [2.75, 3.05) is 6.61 Å². The zero-order chi connectivity index (χ0) is 20.1. The molecule has 7 nitrogen and oxygen atoms in total. The fourth-order valence-corrected chi connectivity index (χ4v) is 3.06. The summed E-state index contributed by atoms with van der Waals surface area (Å²) in [6.07, 6.45) is 2.36. The van der Waals surface area contributed by atoms with Gasteiger partial charge in [0.05, 0.1) is 12.2 Å². The van der Waals surface area contributed by atoms with Crippen LogP contribution in [0.1, 0.15) is 47.2 Å². The van der Waals surface area contributed by atoms with Crippen molar-refractivity contribution in [3.05, 3.63) is 53.1 Å². The molecule has 0 spiro atoms. The summed E-state index contributed by atoms with van der Waals surface area (Å²) in [5.74, 6) is -1.31. The number of phenolic OH excluding ortho intramolecular Hbond substituents is 2. The van der Waals surface area contributed by atoms with Gasteiger partial charge in [0, 0.05) is 24.5 Å². The van der Waals surface area contributed by atoms with Gasteiger partial charge in [0.1, 0.15) is 17.2 Å². The maximum atomic E-state index is 12.7. The lowest BCUT2D eigenvalue weighted by Crippen LogP contribution is -2.24. The number of benzene rings is 2. The van der Waals surface area contributed by atoms with Gasteiger partial charge < -0.3 is 24.8 Å². The molecule has 1 aliphatic rings. The van der Waals surface area contributed by atoms with Crippen LogP contribution in [0.4, 0.5) is 0 Å². The second kappa shape index (κ2) is 8.75. The summed E-state index contributed by atoms with van der Waals surface area (Å²) in [5.41, 5.74) is 0.701. The van der Waals surface area contributed by atoms with Crippen LogP contribution >= 0.6 is 0 Å². The number of phenols is 2. The van der Waals surface area contributed by atoms with Crippen LogP contribution in [-0.2, 0) is 16.0 Å². The molecule has 1 saturated heterocycles. The fraction of sp³-hybridized carbons (Fsp3) is 0.333. The number of carboxylic acids is 1. The number of aliphatic carboxylic acids is 1. The van der Waals surface area contributed by atoms with E-state index in [4.69, 9.17) is 14.6 Å². The predicted molar refractivity (Wildman–Crippen MR) is 99.8 cm³/mol. The Morgan fingerprint density at radius 3 is 2.57 bits per heavy atom. The molecule has 148 valence electrons. The van der Waals surface area contributed by atoms with Crippen molar-refractivity contribution in [2.45, 2.75) is 38.4 Å². The Labute approximate surface area is 162 Å². The van der Waals surface area contributed by atoms with E-state index in [1.165, 1.54) is 30.3 Å². The van der Waals surface area contributed by atoms with Crippen molar-refractivity contribution in [1.82, 2.24) is 0 Å². The molecule has 7 heteroatoms. The molecule has 1 unspecified atom stereocenters. The summed E-state index contributed by atoms with van der Waals surface area (Å²) in [7, 11) is 0. The molecule has 28 heavy (non-hydrogen) atoms. The largest absolute Gasteiger partial charge is 0.508 e. The number of rotatable bonds is 7. The van der Waals surface area contributed by atoms with E-state index in [9.17, 15) is 19.8 Å². The van der Waals surface area contributed by atoms with Crippen LogP contribution in [0, 0.1) is 0 Å². The molecule has 3 rings (SSSR count). The van der Waals surface area contributed by atoms with Gasteiger partial charge in [-0.1, -0.05) is 0 Å². The molecular weight excluding hydrogens is 364 g/mol. The van der Waals surface area contributed by atoms with Crippen molar-refractivity contribution >= 4 is 11.8 Å². The minimum Gasteiger partial charge on any atom is -0.508 e. The zero-order valence-electron chi connectivity index (χ0n) is 15.3. The molecule has 3 N–H and O–H groups in total. The summed E-state index contributed by atoms with van der Waals surface area (Å²) in [4.78, 5) is 23.5. The highest BCUT2D eigenvalue weighted by atomic mass is 16.7. The zero-order valence-corrected chi connectivity index (χ0v) is 15.3. The van der Waals surface area contributed by atoms with Gasteiger partial charge in [-0.3, -0.25) is 9.59 Å². The summed E-state index contributed by atoms with van der Waals surface area (Å²) in [6.45, 7) is 0.637. The first-order valence-corrected chi connectivity index (χ1v) is 9.13.